The predicted octanol–water partition coefficient (Wildman–Crippen LogP) is 2.02. The SMILES string of the molecule is O=C(N1C[C@@H]2CCN[C@@H]2C1)C12CC3CC(CC(C3)C1)C2. The maximum atomic E-state index is 13.2. The van der Waals surface area contributed by atoms with Crippen LogP contribution in [0.4, 0.5) is 0 Å². The van der Waals surface area contributed by atoms with Crippen LogP contribution < -0.4 is 5.32 Å². The number of hydrogen-bond donors (Lipinski definition) is 1. The molecule has 1 amide bonds. The number of nitrogens with one attached hydrogen (secondary N) is 1. The largest absolute Gasteiger partial charge is 0.340 e. The van der Waals surface area contributed by atoms with E-state index in [4.69, 9.17) is 0 Å². The molecule has 6 aliphatic rings. The zero-order chi connectivity index (χ0) is 13.3. The number of carbonyl (C=O) groups is 1. The molecule has 3 heteroatoms. The minimum atomic E-state index is 0.0768. The van der Waals surface area contributed by atoms with Gasteiger partial charge in [-0.3, -0.25) is 4.79 Å². The van der Waals surface area contributed by atoms with Gasteiger partial charge >= 0.3 is 0 Å². The van der Waals surface area contributed by atoms with Gasteiger partial charge in [-0.1, -0.05) is 0 Å². The summed E-state index contributed by atoms with van der Waals surface area (Å²) in [6.07, 6.45) is 9.22. The van der Waals surface area contributed by atoms with Crippen molar-refractivity contribution < 1.29 is 4.79 Å². The highest BCUT2D eigenvalue weighted by atomic mass is 16.2. The molecule has 1 N–H and O–H groups in total. The summed E-state index contributed by atoms with van der Waals surface area (Å²) in [6, 6.07) is 0.605. The molecule has 4 bridgehead atoms. The minimum Gasteiger partial charge on any atom is -0.340 e. The summed E-state index contributed by atoms with van der Waals surface area (Å²) in [5, 5.41) is 3.58. The first-order chi connectivity index (χ1) is 9.72. The Hall–Kier alpha value is -0.570. The fraction of sp³-hybridized carbons (Fsp3) is 0.941. The lowest BCUT2D eigenvalue weighted by Gasteiger charge is -2.56. The van der Waals surface area contributed by atoms with E-state index < -0.39 is 0 Å². The lowest BCUT2D eigenvalue weighted by Crippen LogP contribution is -2.54. The van der Waals surface area contributed by atoms with E-state index >= 15 is 0 Å². The van der Waals surface area contributed by atoms with Gasteiger partial charge in [-0.25, -0.2) is 0 Å². The normalized spacial score (nSPS) is 52.6. The van der Waals surface area contributed by atoms with E-state index in [9.17, 15) is 4.79 Å². The summed E-state index contributed by atoms with van der Waals surface area (Å²) in [4.78, 5) is 15.5. The van der Waals surface area contributed by atoms with Gasteiger partial charge in [0.25, 0.3) is 0 Å². The summed E-state index contributed by atoms with van der Waals surface area (Å²) < 4.78 is 0. The number of amides is 1. The van der Waals surface area contributed by atoms with Gasteiger partial charge in [0.15, 0.2) is 0 Å². The van der Waals surface area contributed by atoms with Gasteiger partial charge in [0.05, 0.1) is 5.41 Å². The average Bonchev–Trinajstić information content (AvgIpc) is 2.96. The number of hydrogen-bond acceptors (Lipinski definition) is 2. The van der Waals surface area contributed by atoms with Crippen molar-refractivity contribution in [3.63, 3.8) is 0 Å². The van der Waals surface area contributed by atoms with Gasteiger partial charge in [0, 0.05) is 19.1 Å². The van der Waals surface area contributed by atoms with Crippen molar-refractivity contribution in [3.8, 4) is 0 Å². The molecule has 2 aliphatic heterocycles. The Morgan fingerprint density at radius 1 is 1.00 bits per heavy atom. The minimum absolute atomic E-state index is 0.0768. The van der Waals surface area contributed by atoms with Crippen LogP contribution in [0, 0.1) is 29.1 Å². The molecule has 0 radical (unpaired) electrons. The Bertz CT molecular complexity index is 399. The third kappa shape index (κ3) is 1.59. The van der Waals surface area contributed by atoms with Crippen molar-refractivity contribution in [3.05, 3.63) is 0 Å². The fourth-order valence-corrected chi connectivity index (χ4v) is 6.72. The van der Waals surface area contributed by atoms with Gasteiger partial charge < -0.3 is 10.2 Å². The highest BCUT2D eigenvalue weighted by molar-refractivity contribution is 5.83. The zero-order valence-electron chi connectivity index (χ0n) is 12.3. The lowest BCUT2D eigenvalue weighted by atomic mass is 9.49. The van der Waals surface area contributed by atoms with Crippen LogP contribution in [-0.4, -0.2) is 36.5 Å². The average molecular weight is 274 g/mol. The number of likely N-dealkylation sites (tertiary alicyclic amines) is 1. The first kappa shape index (κ1) is 12.0. The quantitative estimate of drug-likeness (QED) is 0.793. The van der Waals surface area contributed by atoms with Crippen molar-refractivity contribution >= 4 is 5.91 Å². The topological polar surface area (TPSA) is 32.3 Å². The summed E-state index contributed by atoms with van der Waals surface area (Å²) in [6.45, 7) is 3.19. The Morgan fingerprint density at radius 2 is 1.65 bits per heavy atom. The first-order valence-electron chi connectivity index (χ1n) is 8.75. The Morgan fingerprint density at radius 3 is 2.25 bits per heavy atom. The van der Waals surface area contributed by atoms with Crippen LogP contribution in [0.5, 0.6) is 0 Å². The van der Waals surface area contributed by atoms with Crippen molar-refractivity contribution in [1.29, 1.82) is 0 Å². The number of fused-ring (bicyclic) bond motifs is 1. The second kappa shape index (κ2) is 4.00. The smallest absolute Gasteiger partial charge is 0.228 e. The molecule has 4 aliphatic carbocycles. The van der Waals surface area contributed by atoms with Crippen LogP contribution in [0.15, 0.2) is 0 Å². The molecule has 2 heterocycles. The molecule has 0 spiro atoms. The van der Waals surface area contributed by atoms with Gasteiger partial charge in [-0.2, -0.15) is 0 Å². The van der Waals surface area contributed by atoms with Crippen LogP contribution >= 0.6 is 0 Å². The standard InChI is InChI=1S/C17H26N2O/c20-16(19-9-14-1-2-18-15(14)10-19)17-6-11-3-12(7-17)5-13(4-11)8-17/h11-15,18H,1-10H2/t11?,12?,13?,14-,15+,17?/m0/s1. The molecule has 2 atom stereocenters. The van der Waals surface area contributed by atoms with E-state index in [-0.39, 0.29) is 5.41 Å². The van der Waals surface area contributed by atoms with Gasteiger partial charge in [0.2, 0.25) is 5.91 Å². The Balaban J connectivity index is 1.38. The molecule has 3 nitrogen and oxygen atoms in total. The second-order valence-electron chi connectivity index (χ2n) is 8.52. The van der Waals surface area contributed by atoms with Gasteiger partial charge in [-0.15, -0.1) is 0 Å². The number of nitrogens with zero attached hydrogens (tertiary/aromatic N) is 1. The van der Waals surface area contributed by atoms with Crippen LogP contribution in [-0.2, 0) is 4.79 Å². The van der Waals surface area contributed by atoms with Crippen molar-refractivity contribution in [2.45, 2.75) is 51.0 Å². The lowest BCUT2D eigenvalue weighted by molar-refractivity contribution is -0.156. The maximum Gasteiger partial charge on any atom is 0.228 e. The van der Waals surface area contributed by atoms with Crippen LogP contribution in [0.2, 0.25) is 0 Å². The second-order valence-corrected chi connectivity index (χ2v) is 8.52. The molecule has 2 saturated heterocycles. The Kier molecular flexibility index (Phi) is 2.40. The molecule has 6 rings (SSSR count). The fourth-order valence-electron chi connectivity index (χ4n) is 6.72. The molecule has 110 valence electrons. The van der Waals surface area contributed by atoms with E-state index in [0.717, 1.165) is 43.3 Å². The van der Waals surface area contributed by atoms with Crippen LogP contribution in [0.1, 0.15) is 44.9 Å². The monoisotopic (exact) mass is 274 g/mol. The third-order valence-electron chi connectivity index (χ3n) is 7.14. The van der Waals surface area contributed by atoms with Gasteiger partial charge in [0.1, 0.15) is 0 Å². The molecule has 4 saturated carbocycles. The van der Waals surface area contributed by atoms with E-state index in [0.29, 0.717) is 11.9 Å². The highest BCUT2D eigenvalue weighted by Gasteiger charge is 2.56. The van der Waals surface area contributed by atoms with E-state index in [1.54, 1.807) is 0 Å². The number of carbonyl (C=O) groups excluding carboxylic acids is 1. The third-order valence-corrected chi connectivity index (χ3v) is 7.14. The van der Waals surface area contributed by atoms with Crippen molar-refractivity contribution in [2.75, 3.05) is 19.6 Å². The summed E-state index contributed by atoms with van der Waals surface area (Å²) in [5.74, 6) is 3.93. The van der Waals surface area contributed by atoms with Crippen LogP contribution in [0.3, 0.4) is 0 Å². The molecule has 0 aromatic rings. The summed E-state index contributed by atoms with van der Waals surface area (Å²) >= 11 is 0. The molecular formula is C17H26N2O. The van der Waals surface area contributed by atoms with E-state index in [2.05, 4.69) is 10.2 Å². The van der Waals surface area contributed by atoms with Gasteiger partial charge in [-0.05, 0) is 75.2 Å². The molecule has 0 aromatic heterocycles. The number of rotatable bonds is 1. The summed E-state index contributed by atoms with van der Waals surface area (Å²) in [5.41, 5.74) is 0.0768. The molecule has 0 aromatic carbocycles. The van der Waals surface area contributed by atoms with Crippen molar-refractivity contribution in [1.82, 2.24) is 10.2 Å². The summed E-state index contributed by atoms with van der Waals surface area (Å²) in [7, 11) is 0. The molecule has 6 fully saturated rings. The van der Waals surface area contributed by atoms with Crippen molar-refractivity contribution in [2.24, 2.45) is 29.1 Å². The molecule has 20 heavy (non-hydrogen) atoms. The van der Waals surface area contributed by atoms with Crippen LogP contribution in [0.25, 0.3) is 0 Å². The first-order valence-corrected chi connectivity index (χ1v) is 8.75. The highest BCUT2D eigenvalue weighted by Crippen LogP contribution is 2.60. The zero-order valence-corrected chi connectivity index (χ0v) is 12.3. The molecule has 0 unspecified atom stereocenters. The maximum absolute atomic E-state index is 13.2. The Labute approximate surface area is 121 Å². The predicted molar refractivity (Wildman–Crippen MR) is 77.1 cm³/mol. The van der Waals surface area contributed by atoms with E-state index in [1.165, 1.54) is 44.9 Å². The molecular weight excluding hydrogens is 248 g/mol. The van der Waals surface area contributed by atoms with E-state index in [1.807, 2.05) is 0 Å².